The molecule has 2 aromatic carbocycles. The third kappa shape index (κ3) is 2.48. The lowest BCUT2D eigenvalue weighted by Gasteiger charge is -2.03. The first kappa shape index (κ1) is 14.3. The van der Waals surface area contributed by atoms with Crippen molar-refractivity contribution in [3.63, 3.8) is 0 Å². The molecule has 0 aliphatic carbocycles. The SMILES string of the molecule is CS(=O)(=O)c1ccc(-c2[nH]c3ccccc3c2C=NO)cc1. The summed E-state index contributed by atoms with van der Waals surface area (Å²) < 4.78 is 23.1. The van der Waals surface area contributed by atoms with Gasteiger partial charge in [-0.15, -0.1) is 0 Å². The maximum absolute atomic E-state index is 11.5. The van der Waals surface area contributed by atoms with Crippen LogP contribution in [-0.2, 0) is 9.84 Å². The number of rotatable bonds is 3. The highest BCUT2D eigenvalue weighted by Crippen LogP contribution is 2.29. The number of aromatic nitrogens is 1. The van der Waals surface area contributed by atoms with E-state index < -0.39 is 9.84 Å². The minimum atomic E-state index is -3.22. The molecule has 112 valence electrons. The van der Waals surface area contributed by atoms with Gasteiger partial charge in [-0.1, -0.05) is 35.5 Å². The number of fused-ring (bicyclic) bond motifs is 1. The summed E-state index contributed by atoms with van der Waals surface area (Å²) in [5.74, 6) is 0. The topological polar surface area (TPSA) is 82.5 Å². The quantitative estimate of drug-likeness (QED) is 0.443. The third-order valence-electron chi connectivity index (χ3n) is 3.50. The van der Waals surface area contributed by atoms with Crippen molar-refractivity contribution in [1.82, 2.24) is 4.98 Å². The van der Waals surface area contributed by atoms with Crippen LogP contribution in [0.15, 0.2) is 58.6 Å². The van der Waals surface area contributed by atoms with E-state index >= 15 is 0 Å². The van der Waals surface area contributed by atoms with Gasteiger partial charge in [0.1, 0.15) is 0 Å². The van der Waals surface area contributed by atoms with Crippen molar-refractivity contribution in [1.29, 1.82) is 0 Å². The standard InChI is InChI=1S/C16H14N2O3S/c1-22(20,21)12-8-6-11(7-9-12)16-14(10-17-19)13-4-2-3-5-15(13)18-16/h2-10,18-19H,1H3. The fourth-order valence-corrected chi connectivity index (χ4v) is 3.08. The molecular weight excluding hydrogens is 300 g/mol. The molecule has 0 aliphatic rings. The number of sulfone groups is 1. The predicted molar refractivity (Wildman–Crippen MR) is 86.2 cm³/mol. The minimum absolute atomic E-state index is 0.268. The minimum Gasteiger partial charge on any atom is -0.411 e. The Balaban J connectivity index is 2.19. The highest BCUT2D eigenvalue weighted by molar-refractivity contribution is 7.90. The monoisotopic (exact) mass is 314 g/mol. The normalized spacial score (nSPS) is 12.2. The summed E-state index contributed by atoms with van der Waals surface area (Å²) in [6.07, 6.45) is 2.55. The van der Waals surface area contributed by atoms with Gasteiger partial charge in [0.2, 0.25) is 0 Å². The van der Waals surface area contributed by atoms with Crippen LogP contribution in [0.2, 0.25) is 0 Å². The van der Waals surface area contributed by atoms with Crippen LogP contribution in [0.1, 0.15) is 5.56 Å². The molecule has 0 fully saturated rings. The smallest absolute Gasteiger partial charge is 0.175 e. The Morgan fingerprint density at radius 1 is 1.09 bits per heavy atom. The lowest BCUT2D eigenvalue weighted by atomic mass is 10.1. The van der Waals surface area contributed by atoms with Gasteiger partial charge in [0.25, 0.3) is 0 Å². The van der Waals surface area contributed by atoms with E-state index in [-0.39, 0.29) is 4.90 Å². The van der Waals surface area contributed by atoms with Crippen LogP contribution < -0.4 is 0 Å². The Kier molecular flexibility index (Phi) is 3.46. The van der Waals surface area contributed by atoms with Crippen molar-refractivity contribution < 1.29 is 13.6 Å². The van der Waals surface area contributed by atoms with Gasteiger partial charge in [-0.2, -0.15) is 0 Å². The van der Waals surface area contributed by atoms with Gasteiger partial charge in [0.05, 0.1) is 16.8 Å². The summed E-state index contributed by atoms with van der Waals surface area (Å²) in [5, 5.41) is 13.0. The molecule has 6 heteroatoms. The van der Waals surface area contributed by atoms with Crippen molar-refractivity contribution in [2.24, 2.45) is 5.16 Å². The lowest BCUT2D eigenvalue weighted by molar-refractivity contribution is 0.322. The largest absolute Gasteiger partial charge is 0.411 e. The van der Waals surface area contributed by atoms with Crippen LogP contribution in [0.25, 0.3) is 22.2 Å². The molecule has 1 aromatic heterocycles. The molecule has 5 nitrogen and oxygen atoms in total. The fourth-order valence-electron chi connectivity index (χ4n) is 2.45. The first-order chi connectivity index (χ1) is 10.5. The van der Waals surface area contributed by atoms with Crippen LogP contribution in [0.3, 0.4) is 0 Å². The number of nitrogens with zero attached hydrogens (tertiary/aromatic N) is 1. The van der Waals surface area contributed by atoms with Gasteiger partial charge in [0.15, 0.2) is 9.84 Å². The van der Waals surface area contributed by atoms with E-state index in [0.29, 0.717) is 0 Å². The number of hydrogen-bond acceptors (Lipinski definition) is 4. The number of benzene rings is 2. The Morgan fingerprint density at radius 2 is 1.77 bits per heavy atom. The molecule has 1 heterocycles. The summed E-state index contributed by atoms with van der Waals surface area (Å²) in [6.45, 7) is 0. The zero-order valence-corrected chi connectivity index (χ0v) is 12.6. The second-order valence-corrected chi connectivity index (χ2v) is 7.02. The van der Waals surface area contributed by atoms with Crippen LogP contribution in [-0.4, -0.2) is 31.1 Å². The van der Waals surface area contributed by atoms with Crippen molar-refractivity contribution in [2.75, 3.05) is 6.26 Å². The molecule has 0 amide bonds. The van der Waals surface area contributed by atoms with Gasteiger partial charge in [-0.3, -0.25) is 0 Å². The van der Waals surface area contributed by atoms with E-state index in [1.807, 2.05) is 24.3 Å². The van der Waals surface area contributed by atoms with E-state index in [1.165, 1.54) is 12.5 Å². The molecule has 0 saturated heterocycles. The van der Waals surface area contributed by atoms with E-state index in [2.05, 4.69) is 10.1 Å². The molecule has 0 saturated carbocycles. The summed E-state index contributed by atoms with van der Waals surface area (Å²) in [6, 6.07) is 14.3. The second kappa shape index (κ2) is 5.31. The van der Waals surface area contributed by atoms with Gasteiger partial charge < -0.3 is 10.2 Å². The highest BCUT2D eigenvalue weighted by Gasteiger charge is 2.13. The Labute approximate surface area is 127 Å². The Morgan fingerprint density at radius 3 is 2.41 bits per heavy atom. The van der Waals surface area contributed by atoms with Crippen molar-refractivity contribution in [3.8, 4) is 11.3 Å². The average Bonchev–Trinajstić information content (AvgIpc) is 2.86. The number of para-hydroxylation sites is 1. The van der Waals surface area contributed by atoms with Crippen molar-refractivity contribution in [3.05, 3.63) is 54.1 Å². The third-order valence-corrected chi connectivity index (χ3v) is 4.63. The van der Waals surface area contributed by atoms with Crippen molar-refractivity contribution in [2.45, 2.75) is 4.90 Å². The summed E-state index contributed by atoms with van der Waals surface area (Å²) >= 11 is 0. The second-order valence-electron chi connectivity index (χ2n) is 5.00. The summed E-state index contributed by atoms with van der Waals surface area (Å²) in [4.78, 5) is 3.54. The zero-order chi connectivity index (χ0) is 15.7. The molecule has 3 rings (SSSR count). The molecule has 3 aromatic rings. The number of oxime groups is 1. The van der Waals surface area contributed by atoms with Gasteiger partial charge in [-0.25, -0.2) is 8.42 Å². The average molecular weight is 314 g/mol. The van der Waals surface area contributed by atoms with E-state index in [4.69, 9.17) is 5.21 Å². The van der Waals surface area contributed by atoms with E-state index in [1.54, 1.807) is 24.3 Å². The van der Waals surface area contributed by atoms with Crippen molar-refractivity contribution >= 4 is 27.0 Å². The molecule has 0 unspecified atom stereocenters. The number of hydrogen-bond donors (Lipinski definition) is 2. The molecule has 0 spiro atoms. The number of nitrogens with one attached hydrogen (secondary N) is 1. The van der Waals surface area contributed by atoms with Crippen LogP contribution in [0, 0.1) is 0 Å². The number of H-pyrrole nitrogens is 1. The van der Waals surface area contributed by atoms with E-state index in [9.17, 15) is 8.42 Å². The fraction of sp³-hybridized carbons (Fsp3) is 0.0625. The van der Waals surface area contributed by atoms with Crippen LogP contribution in [0.5, 0.6) is 0 Å². The molecule has 0 atom stereocenters. The molecular formula is C16H14N2O3S. The van der Waals surface area contributed by atoms with Crippen LogP contribution >= 0.6 is 0 Å². The number of aromatic amines is 1. The van der Waals surface area contributed by atoms with Crippen LogP contribution in [0.4, 0.5) is 0 Å². The lowest BCUT2D eigenvalue weighted by Crippen LogP contribution is -1.96. The Hall–Kier alpha value is -2.60. The van der Waals surface area contributed by atoms with Gasteiger partial charge in [0, 0.05) is 22.7 Å². The van der Waals surface area contributed by atoms with E-state index in [0.717, 1.165) is 27.7 Å². The maximum Gasteiger partial charge on any atom is 0.175 e. The molecule has 0 radical (unpaired) electrons. The molecule has 0 aliphatic heterocycles. The first-order valence-electron chi connectivity index (χ1n) is 6.59. The Bertz CT molecular complexity index is 955. The zero-order valence-electron chi connectivity index (χ0n) is 11.8. The predicted octanol–water partition coefficient (Wildman–Crippen LogP) is 3.05. The first-order valence-corrected chi connectivity index (χ1v) is 8.48. The molecule has 0 bridgehead atoms. The van der Waals surface area contributed by atoms with Gasteiger partial charge in [-0.05, 0) is 23.8 Å². The molecule has 2 N–H and O–H groups in total. The summed E-state index contributed by atoms with van der Waals surface area (Å²) in [7, 11) is -3.22. The maximum atomic E-state index is 11.5. The molecule has 22 heavy (non-hydrogen) atoms. The van der Waals surface area contributed by atoms with Gasteiger partial charge >= 0.3 is 0 Å². The summed E-state index contributed by atoms with van der Waals surface area (Å²) in [5.41, 5.74) is 3.27. The highest BCUT2D eigenvalue weighted by atomic mass is 32.2.